The first-order chi connectivity index (χ1) is 7.22. The molecule has 0 aliphatic rings. The van der Waals surface area contributed by atoms with Crippen molar-refractivity contribution in [1.82, 2.24) is 25.1 Å². The van der Waals surface area contributed by atoms with Crippen molar-refractivity contribution in [2.24, 2.45) is 5.84 Å². The van der Waals surface area contributed by atoms with Crippen LogP contribution < -0.4 is 11.3 Å². The number of nitrogens with zero attached hydrogens (tertiary/aromatic N) is 4. The number of aromatic amines is 1. The largest absolute Gasteiger partial charge is 0.308 e. The molecule has 0 radical (unpaired) electrons. The van der Waals surface area contributed by atoms with E-state index in [0.717, 1.165) is 11.3 Å². The minimum Gasteiger partial charge on any atom is -0.308 e. The average molecular weight is 205 g/mol. The van der Waals surface area contributed by atoms with E-state index < -0.39 is 0 Å². The first-order valence-corrected chi connectivity index (χ1v) is 4.40. The second-order valence-electron chi connectivity index (χ2n) is 3.08. The Bertz CT molecular complexity index is 462. The lowest BCUT2D eigenvalue weighted by atomic mass is 10.2. The highest BCUT2D eigenvalue weighted by Crippen LogP contribution is 2.17. The second kappa shape index (κ2) is 3.62. The molecule has 0 atom stereocenters. The number of hydrazine groups is 1. The summed E-state index contributed by atoms with van der Waals surface area (Å²) >= 11 is 0. The summed E-state index contributed by atoms with van der Waals surface area (Å²) in [6.45, 7) is 3.78. The van der Waals surface area contributed by atoms with Crippen molar-refractivity contribution in [2.75, 3.05) is 5.43 Å². The van der Waals surface area contributed by atoms with Crippen molar-refractivity contribution in [3.05, 3.63) is 17.6 Å². The number of anilines is 1. The van der Waals surface area contributed by atoms with Crippen molar-refractivity contribution in [3.63, 3.8) is 0 Å². The van der Waals surface area contributed by atoms with Crippen LogP contribution >= 0.6 is 0 Å². The van der Waals surface area contributed by atoms with E-state index in [-0.39, 0.29) is 0 Å². The summed E-state index contributed by atoms with van der Waals surface area (Å²) < 4.78 is 0. The summed E-state index contributed by atoms with van der Waals surface area (Å²) in [6, 6.07) is 0. The standard InChI is InChI=1S/C8H11N7/c1-4-5(2)12-8(13-6(4)14-9)7-10-3-11-15-7/h3H,9H2,1-2H3,(H,10,11,15)(H,12,13,14). The van der Waals surface area contributed by atoms with E-state index in [1.807, 2.05) is 13.8 Å². The third-order valence-corrected chi connectivity index (χ3v) is 2.15. The average Bonchev–Trinajstić information content (AvgIpc) is 2.75. The number of rotatable bonds is 2. The van der Waals surface area contributed by atoms with Gasteiger partial charge in [0.05, 0.1) is 0 Å². The third-order valence-electron chi connectivity index (χ3n) is 2.15. The highest BCUT2D eigenvalue weighted by atomic mass is 15.3. The Hall–Kier alpha value is -2.02. The predicted octanol–water partition coefficient (Wildman–Crippen LogP) is 0.164. The molecule has 0 saturated heterocycles. The highest BCUT2D eigenvalue weighted by molar-refractivity contribution is 5.52. The lowest BCUT2D eigenvalue weighted by Gasteiger charge is -2.07. The van der Waals surface area contributed by atoms with Crippen LogP contribution in [0.15, 0.2) is 6.33 Å². The Balaban J connectivity index is 2.55. The molecular weight excluding hydrogens is 194 g/mol. The Morgan fingerprint density at radius 2 is 2.13 bits per heavy atom. The number of hydrogen-bond acceptors (Lipinski definition) is 6. The summed E-state index contributed by atoms with van der Waals surface area (Å²) in [5.74, 6) is 6.95. The fourth-order valence-corrected chi connectivity index (χ4v) is 1.19. The van der Waals surface area contributed by atoms with E-state index in [4.69, 9.17) is 5.84 Å². The van der Waals surface area contributed by atoms with Crippen LogP contribution in [0.4, 0.5) is 5.82 Å². The minimum atomic E-state index is 0.476. The Morgan fingerprint density at radius 3 is 2.73 bits per heavy atom. The van der Waals surface area contributed by atoms with Crippen LogP contribution in [0.5, 0.6) is 0 Å². The molecule has 0 aliphatic heterocycles. The molecule has 0 bridgehead atoms. The maximum atomic E-state index is 5.36. The molecule has 2 heterocycles. The lowest BCUT2D eigenvalue weighted by Crippen LogP contribution is -2.12. The zero-order valence-electron chi connectivity index (χ0n) is 8.44. The number of hydrogen-bond donors (Lipinski definition) is 3. The van der Waals surface area contributed by atoms with Crippen LogP contribution in [0.2, 0.25) is 0 Å². The summed E-state index contributed by atoms with van der Waals surface area (Å²) in [4.78, 5) is 12.5. The van der Waals surface area contributed by atoms with Gasteiger partial charge in [0.15, 0.2) is 11.6 Å². The number of H-pyrrole nitrogens is 1. The number of nitrogen functional groups attached to an aromatic ring is 1. The number of nitrogens with one attached hydrogen (secondary N) is 2. The second-order valence-corrected chi connectivity index (χ2v) is 3.08. The smallest absolute Gasteiger partial charge is 0.199 e. The molecule has 0 aliphatic carbocycles. The van der Waals surface area contributed by atoms with E-state index in [0.29, 0.717) is 17.5 Å². The normalized spacial score (nSPS) is 10.3. The van der Waals surface area contributed by atoms with E-state index >= 15 is 0 Å². The molecule has 78 valence electrons. The monoisotopic (exact) mass is 205 g/mol. The van der Waals surface area contributed by atoms with Gasteiger partial charge < -0.3 is 5.43 Å². The van der Waals surface area contributed by atoms with Gasteiger partial charge in [0.25, 0.3) is 0 Å². The minimum absolute atomic E-state index is 0.476. The first-order valence-electron chi connectivity index (χ1n) is 4.40. The summed E-state index contributed by atoms with van der Waals surface area (Å²) in [5.41, 5.74) is 4.29. The summed E-state index contributed by atoms with van der Waals surface area (Å²) in [5, 5.41) is 6.44. The van der Waals surface area contributed by atoms with E-state index in [1.165, 1.54) is 6.33 Å². The van der Waals surface area contributed by atoms with Gasteiger partial charge in [0, 0.05) is 11.3 Å². The van der Waals surface area contributed by atoms with Crippen molar-refractivity contribution >= 4 is 5.82 Å². The molecule has 0 amide bonds. The van der Waals surface area contributed by atoms with Crippen LogP contribution in [0, 0.1) is 13.8 Å². The molecule has 0 aromatic carbocycles. The van der Waals surface area contributed by atoms with E-state index in [2.05, 4.69) is 30.6 Å². The van der Waals surface area contributed by atoms with Crippen molar-refractivity contribution in [1.29, 1.82) is 0 Å². The Morgan fingerprint density at radius 1 is 1.33 bits per heavy atom. The van der Waals surface area contributed by atoms with Crippen LogP contribution in [-0.4, -0.2) is 25.1 Å². The number of nitrogens with two attached hydrogens (primary N) is 1. The molecule has 0 saturated carbocycles. The van der Waals surface area contributed by atoms with Crippen molar-refractivity contribution < 1.29 is 0 Å². The molecule has 0 fully saturated rings. The molecule has 0 unspecified atom stereocenters. The van der Waals surface area contributed by atoms with Gasteiger partial charge in [-0.05, 0) is 13.8 Å². The quantitative estimate of drug-likeness (QED) is 0.476. The molecular formula is C8H11N7. The van der Waals surface area contributed by atoms with Gasteiger partial charge in [0.1, 0.15) is 12.1 Å². The maximum Gasteiger partial charge on any atom is 0.199 e. The maximum absolute atomic E-state index is 5.36. The zero-order chi connectivity index (χ0) is 10.8. The van der Waals surface area contributed by atoms with E-state index in [1.54, 1.807) is 0 Å². The fourth-order valence-electron chi connectivity index (χ4n) is 1.19. The van der Waals surface area contributed by atoms with E-state index in [9.17, 15) is 0 Å². The Labute approximate surface area is 86.1 Å². The SMILES string of the molecule is Cc1nc(-c2ncn[nH]2)nc(NN)c1C. The molecule has 2 rings (SSSR count). The Kier molecular flexibility index (Phi) is 2.30. The van der Waals surface area contributed by atoms with Gasteiger partial charge in [0.2, 0.25) is 0 Å². The van der Waals surface area contributed by atoms with Gasteiger partial charge in [-0.2, -0.15) is 5.10 Å². The predicted molar refractivity (Wildman–Crippen MR) is 54.7 cm³/mol. The molecule has 7 nitrogen and oxygen atoms in total. The highest BCUT2D eigenvalue weighted by Gasteiger charge is 2.10. The van der Waals surface area contributed by atoms with Crippen LogP contribution in [0.3, 0.4) is 0 Å². The fraction of sp³-hybridized carbons (Fsp3) is 0.250. The lowest BCUT2D eigenvalue weighted by molar-refractivity contribution is 1.02. The van der Waals surface area contributed by atoms with Crippen LogP contribution in [0.1, 0.15) is 11.3 Å². The number of aryl methyl sites for hydroxylation is 1. The van der Waals surface area contributed by atoms with Gasteiger partial charge in [-0.3, -0.25) is 5.10 Å². The van der Waals surface area contributed by atoms with Gasteiger partial charge in [-0.25, -0.2) is 20.8 Å². The molecule has 0 spiro atoms. The molecule has 4 N–H and O–H groups in total. The van der Waals surface area contributed by atoms with Crippen molar-refractivity contribution in [2.45, 2.75) is 13.8 Å². The molecule has 7 heteroatoms. The summed E-state index contributed by atoms with van der Waals surface area (Å²) in [7, 11) is 0. The van der Waals surface area contributed by atoms with Gasteiger partial charge in [-0.1, -0.05) is 0 Å². The molecule has 2 aromatic rings. The zero-order valence-corrected chi connectivity index (χ0v) is 8.44. The topological polar surface area (TPSA) is 105 Å². The van der Waals surface area contributed by atoms with Gasteiger partial charge in [-0.15, -0.1) is 0 Å². The summed E-state index contributed by atoms with van der Waals surface area (Å²) in [6.07, 6.45) is 1.41. The molecule has 2 aromatic heterocycles. The van der Waals surface area contributed by atoms with Crippen LogP contribution in [-0.2, 0) is 0 Å². The third kappa shape index (κ3) is 1.64. The molecule has 15 heavy (non-hydrogen) atoms. The van der Waals surface area contributed by atoms with Crippen LogP contribution in [0.25, 0.3) is 11.6 Å². The number of aromatic nitrogens is 5. The first kappa shape index (κ1) is 9.53. The van der Waals surface area contributed by atoms with Gasteiger partial charge >= 0.3 is 0 Å². The van der Waals surface area contributed by atoms with Crippen molar-refractivity contribution in [3.8, 4) is 11.6 Å².